The highest BCUT2D eigenvalue weighted by Crippen LogP contribution is 2.14. The van der Waals surface area contributed by atoms with Crippen LogP contribution in [0.25, 0.3) is 0 Å². The zero-order valence-electron chi connectivity index (χ0n) is 28.9. The fraction of sp³-hybridized carbons (Fsp3) is 0.947. The minimum absolute atomic E-state index is 0.844. The molecule has 0 saturated heterocycles. The largest absolute Gasteiger partial charge is 0.382 e. The van der Waals surface area contributed by atoms with Crippen LogP contribution in [0.5, 0.6) is 0 Å². The minimum atomic E-state index is 0.844. The second kappa shape index (κ2) is 48.4. The van der Waals surface area contributed by atoms with E-state index in [0.29, 0.717) is 0 Å². The molecule has 0 N–H and O–H groups in total. The Morgan fingerprint density at radius 2 is 0.475 bits per heavy atom. The van der Waals surface area contributed by atoms with E-state index in [1.165, 1.54) is 180 Å². The van der Waals surface area contributed by atoms with Crippen molar-refractivity contribution in [2.24, 2.45) is 0 Å². The Morgan fingerprint density at radius 1 is 0.275 bits per heavy atom. The van der Waals surface area contributed by atoms with Crippen molar-refractivity contribution in [1.29, 1.82) is 0 Å². The van der Waals surface area contributed by atoms with E-state index in [1.807, 2.05) is 13.8 Å². The molecule has 0 atom stereocenters. The molecule has 0 heterocycles. The summed E-state index contributed by atoms with van der Waals surface area (Å²) in [5.41, 5.74) is 0. The van der Waals surface area contributed by atoms with Gasteiger partial charge >= 0.3 is 0 Å². The van der Waals surface area contributed by atoms with Crippen molar-refractivity contribution in [3.63, 3.8) is 0 Å². The third kappa shape index (κ3) is 50.5. The van der Waals surface area contributed by atoms with Gasteiger partial charge in [0, 0.05) is 26.4 Å². The molecule has 40 heavy (non-hydrogen) atoms. The van der Waals surface area contributed by atoms with Crippen molar-refractivity contribution in [3.8, 4) is 0 Å². The number of hydrogen-bond donors (Lipinski definition) is 0. The Hall–Kier alpha value is -0.340. The molecule has 0 aromatic rings. The van der Waals surface area contributed by atoms with E-state index in [-0.39, 0.29) is 0 Å². The van der Waals surface area contributed by atoms with Gasteiger partial charge in [-0.2, -0.15) is 0 Å². The van der Waals surface area contributed by atoms with Crippen LogP contribution in [0.2, 0.25) is 0 Å². The zero-order valence-corrected chi connectivity index (χ0v) is 28.9. The highest BCUT2D eigenvalue weighted by molar-refractivity contribution is 4.51. The van der Waals surface area contributed by atoms with Gasteiger partial charge in [-0.25, -0.2) is 0 Å². The van der Waals surface area contributed by atoms with Crippen LogP contribution in [0.3, 0.4) is 0 Å². The summed E-state index contributed by atoms with van der Waals surface area (Å²) in [6, 6.07) is 0. The third-order valence-corrected chi connectivity index (χ3v) is 7.69. The summed E-state index contributed by atoms with van der Waals surface area (Å²) >= 11 is 0. The summed E-state index contributed by atoms with van der Waals surface area (Å²) < 4.78 is 10.7. The molecule has 0 radical (unpaired) electrons. The lowest BCUT2D eigenvalue weighted by atomic mass is 10.0. The van der Waals surface area contributed by atoms with Crippen LogP contribution in [-0.2, 0) is 9.47 Å². The Balaban J connectivity index is -0.00000174. The highest BCUT2D eigenvalue weighted by Gasteiger charge is 1.96. The first-order valence-electron chi connectivity index (χ1n) is 18.5. The SMILES string of the molecule is C=C.CCCCCCCCCCCCCCCCOCCCCCCCCCCCCCCCC.CCOCC. The highest BCUT2D eigenvalue weighted by atomic mass is 16.5. The second-order valence-electron chi connectivity index (χ2n) is 11.6. The molecule has 0 aliphatic rings. The van der Waals surface area contributed by atoms with Crippen molar-refractivity contribution in [2.45, 2.75) is 207 Å². The van der Waals surface area contributed by atoms with Crippen molar-refractivity contribution in [1.82, 2.24) is 0 Å². The molecule has 0 aromatic heterocycles. The van der Waals surface area contributed by atoms with E-state index >= 15 is 0 Å². The lowest BCUT2D eigenvalue weighted by molar-refractivity contribution is 0.125. The number of ether oxygens (including phenoxy) is 2. The van der Waals surface area contributed by atoms with Crippen LogP contribution in [-0.4, -0.2) is 26.4 Å². The zero-order chi connectivity index (χ0) is 30.0. The average molecular weight is 569 g/mol. The molecule has 0 rings (SSSR count). The van der Waals surface area contributed by atoms with E-state index in [9.17, 15) is 0 Å². The summed E-state index contributed by atoms with van der Waals surface area (Å²) in [6.07, 6.45) is 40.1. The summed E-state index contributed by atoms with van der Waals surface area (Å²) in [5.74, 6) is 0. The van der Waals surface area contributed by atoms with Crippen molar-refractivity contribution in [2.75, 3.05) is 26.4 Å². The molecule has 0 aliphatic carbocycles. The fourth-order valence-corrected chi connectivity index (χ4v) is 5.10. The van der Waals surface area contributed by atoms with E-state index in [1.54, 1.807) is 0 Å². The molecule has 0 saturated carbocycles. The molecule has 0 amide bonds. The van der Waals surface area contributed by atoms with Gasteiger partial charge in [0.15, 0.2) is 0 Å². The third-order valence-electron chi connectivity index (χ3n) is 7.69. The Morgan fingerprint density at radius 3 is 0.650 bits per heavy atom. The maximum atomic E-state index is 5.85. The van der Waals surface area contributed by atoms with Gasteiger partial charge in [-0.3, -0.25) is 0 Å². The molecule has 0 bridgehead atoms. The smallest absolute Gasteiger partial charge is 0.0466 e. The van der Waals surface area contributed by atoms with Crippen LogP contribution in [0, 0.1) is 0 Å². The first-order chi connectivity index (χ1) is 19.8. The monoisotopic (exact) mass is 569 g/mol. The van der Waals surface area contributed by atoms with Gasteiger partial charge in [0.25, 0.3) is 0 Å². The van der Waals surface area contributed by atoms with Crippen LogP contribution < -0.4 is 0 Å². The molecule has 2 heteroatoms. The Labute approximate surface area is 256 Å². The van der Waals surface area contributed by atoms with Gasteiger partial charge in [0.05, 0.1) is 0 Å². The van der Waals surface area contributed by atoms with Gasteiger partial charge in [-0.05, 0) is 26.7 Å². The lowest BCUT2D eigenvalue weighted by Crippen LogP contribution is -1.97. The molecule has 0 unspecified atom stereocenters. The Kier molecular flexibility index (Phi) is 53.4. The molecule has 2 nitrogen and oxygen atoms in total. The van der Waals surface area contributed by atoms with Crippen molar-refractivity contribution >= 4 is 0 Å². The van der Waals surface area contributed by atoms with E-state index in [4.69, 9.17) is 9.47 Å². The van der Waals surface area contributed by atoms with Gasteiger partial charge < -0.3 is 9.47 Å². The summed E-state index contributed by atoms with van der Waals surface area (Å²) in [4.78, 5) is 0. The van der Waals surface area contributed by atoms with Crippen molar-refractivity contribution < 1.29 is 9.47 Å². The summed E-state index contributed by atoms with van der Waals surface area (Å²) in [5, 5.41) is 0. The van der Waals surface area contributed by atoms with Crippen LogP contribution >= 0.6 is 0 Å². The predicted molar refractivity (Wildman–Crippen MR) is 185 cm³/mol. The maximum absolute atomic E-state index is 5.85. The van der Waals surface area contributed by atoms with Gasteiger partial charge in [0.2, 0.25) is 0 Å². The van der Waals surface area contributed by atoms with Crippen LogP contribution in [0.1, 0.15) is 207 Å². The van der Waals surface area contributed by atoms with E-state index in [2.05, 4.69) is 27.0 Å². The first-order valence-corrected chi connectivity index (χ1v) is 18.5. The maximum Gasteiger partial charge on any atom is 0.0466 e. The van der Waals surface area contributed by atoms with Gasteiger partial charge in [-0.1, -0.05) is 181 Å². The predicted octanol–water partition coefficient (Wildman–Crippen LogP) is 13.8. The topological polar surface area (TPSA) is 18.5 Å². The Bertz CT molecular complexity index is 339. The second-order valence-corrected chi connectivity index (χ2v) is 11.6. The van der Waals surface area contributed by atoms with Gasteiger partial charge in [0.1, 0.15) is 0 Å². The number of rotatable bonds is 32. The molecule has 0 aromatic carbocycles. The first kappa shape index (κ1) is 44.1. The normalized spacial score (nSPS) is 10.6. The van der Waals surface area contributed by atoms with E-state index in [0.717, 1.165) is 26.4 Å². The van der Waals surface area contributed by atoms with Crippen LogP contribution in [0.15, 0.2) is 13.2 Å². The van der Waals surface area contributed by atoms with E-state index < -0.39 is 0 Å². The fourth-order valence-electron chi connectivity index (χ4n) is 5.10. The minimum Gasteiger partial charge on any atom is -0.382 e. The summed E-state index contributed by atoms with van der Waals surface area (Å²) in [6.45, 7) is 18.3. The summed E-state index contributed by atoms with van der Waals surface area (Å²) in [7, 11) is 0. The molecular weight excluding hydrogens is 488 g/mol. The quantitative estimate of drug-likeness (QED) is 0.0593. The van der Waals surface area contributed by atoms with Crippen LogP contribution in [0.4, 0.5) is 0 Å². The number of hydrogen-bond acceptors (Lipinski definition) is 2. The molecule has 0 spiro atoms. The van der Waals surface area contributed by atoms with Gasteiger partial charge in [-0.15, -0.1) is 13.2 Å². The standard InChI is InChI=1S/C32H66O.C4H10O.C2H4/c1-3-5-7-9-11-13-15-17-19-21-23-25-27-29-31-33-32-30-28-26-24-22-20-18-16-14-12-10-8-6-4-2;1-3-5-4-2;1-2/h3-32H2,1-2H3;3-4H2,1-2H3;1-2H2. The average Bonchev–Trinajstić information content (AvgIpc) is 2.98. The van der Waals surface area contributed by atoms with Crippen molar-refractivity contribution in [3.05, 3.63) is 13.2 Å². The molecule has 244 valence electrons. The molecule has 0 aliphatic heterocycles. The lowest BCUT2D eigenvalue weighted by Gasteiger charge is -2.05. The molecular formula is C38H80O2. The molecule has 0 fully saturated rings. The number of unbranched alkanes of at least 4 members (excludes halogenated alkanes) is 26.